The van der Waals surface area contributed by atoms with Crippen LogP contribution < -0.4 is 15.1 Å². The van der Waals surface area contributed by atoms with E-state index in [0.29, 0.717) is 0 Å². The van der Waals surface area contributed by atoms with Gasteiger partial charge in [-0.3, -0.25) is 4.98 Å². The molecule has 0 aliphatic carbocycles. The van der Waals surface area contributed by atoms with Gasteiger partial charge >= 0.3 is 0 Å². The molecule has 2 aromatic rings. The van der Waals surface area contributed by atoms with Crippen LogP contribution in [0.15, 0.2) is 36.8 Å². The fourth-order valence-corrected chi connectivity index (χ4v) is 2.52. The Morgan fingerprint density at radius 1 is 1.05 bits per heavy atom. The molecule has 0 bridgehead atoms. The second-order valence-electron chi connectivity index (χ2n) is 5.06. The molecule has 0 spiro atoms. The smallest absolute Gasteiger partial charge is 0.147 e. The van der Waals surface area contributed by atoms with Gasteiger partial charge in [0.15, 0.2) is 0 Å². The van der Waals surface area contributed by atoms with Crippen LogP contribution in [0.1, 0.15) is 5.69 Å². The molecule has 1 saturated heterocycles. The summed E-state index contributed by atoms with van der Waals surface area (Å²) in [5.41, 5.74) is 0.974. The molecular weight excluding hydrogens is 264 g/mol. The van der Waals surface area contributed by atoms with Gasteiger partial charge in [-0.2, -0.15) is 0 Å². The first kappa shape index (κ1) is 13.8. The first-order valence-electron chi connectivity index (χ1n) is 7.23. The lowest BCUT2D eigenvalue weighted by atomic mass is 10.3. The molecule has 0 saturated carbocycles. The van der Waals surface area contributed by atoms with Gasteiger partial charge in [0.2, 0.25) is 0 Å². The zero-order valence-corrected chi connectivity index (χ0v) is 12.2. The monoisotopic (exact) mass is 284 g/mol. The van der Waals surface area contributed by atoms with Crippen molar-refractivity contribution < 1.29 is 0 Å². The summed E-state index contributed by atoms with van der Waals surface area (Å²) in [6.07, 6.45) is 5.49. The first-order chi connectivity index (χ1) is 10.4. The van der Waals surface area contributed by atoms with Crippen molar-refractivity contribution in [2.24, 2.45) is 0 Å². The highest BCUT2D eigenvalue weighted by Gasteiger charge is 2.19. The fraction of sp³-hybridized carbons (Fsp3) is 0.400. The summed E-state index contributed by atoms with van der Waals surface area (Å²) in [7, 11) is 1.92. The lowest BCUT2D eigenvalue weighted by molar-refractivity contribution is 0.638. The second kappa shape index (κ2) is 6.49. The maximum Gasteiger partial charge on any atom is 0.147 e. The van der Waals surface area contributed by atoms with E-state index in [1.165, 1.54) is 0 Å². The van der Waals surface area contributed by atoms with Gasteiger partial charge in [-0.15, -0.1) is 0 Å². The Labute approximate surface area is 124 Å². The predicted molar refractivity (Wildman–Crippen MR) is 83.5 cm³/mol. The number of hydrogen-bond donors (Lipinski definition) is 1. The minimum Gasteiger partial charge on any atom is -0.353 e. The van der Waals surface area contributed by atoms with E-state index in [4.69, 9.17) is 0 Å². The third-order valence-electron chi connectivity index (χ3n) is 3.61. The number of aromatic nitrogens is 3. The molecule has 0 amide bonds. The quantitative estimate of drug-likeness (QED) is 0.901. The van der Waals surface area contributed by atoms with E-state index in [1.807, 2.05) is 37.8 Å². The molecule has 3 rings (SSSR count). The van der Waals surface area contributed by atoms with Crippen LogP contribution in [0.3, 0.4) is 0 Å². The van der Waals surface area contributed by atoms with Gasteiger partial charge < -0.3 is 15.1 Å². The Bertz CT molecular complexity index is 565. The van der Waals surface area contributed by atoms with Crippen molar-refractivity contribution in [2.75, 3.05) is 43.0 Å². The molecule has 1 aliphatic rings. The van der Waals surface area contributed by atoms with Crippen molar-refractivity contribution in [3.63, 3.8) is 0 Å². The highest BCUT2D eigenvalue weighted by atomic mass is 15.3. The normalized spacial score (nSPS) is 15.3. The summed E-state index contributed by atoms with van der Waals surface area (Å²) < 4.78 is 0. The van der Waals surface area contributed by atoms with Gasteiger partial charge in [0.05, 0.1) is 11.9 Å². The van der Waals surface area contributed by atoms with Gasteiger partial charge in [0, 0.05) is 45.1 Å². The minimum absolute atomic E-state index is 0.745. The van der Waals surface area contributed by atoms with Crippen LogP contribution in [0.4, 0.5) is 11.6 Å². The van der Waals surface area contributed by atoms with E-state index in [1.54, 1.807) is 0 Å². The van der Waals surface area contributed by atoms with E-state index in [2.05, 4.69) is 36.1 Å². The number of rotatable bonds is 4. The lowest BCUT2D eigenvalue weighted by Gasteiger charge is -2.35. The highest BCUT2D eigenvalue weighted by Crippen LogP contribution is 2.16. The van der Waals surface area contributed by atoms with Gasteiger partial charge in [-0.25, -0.2) is 9.97 Å². The molecule has 1 N–H and O–H groups in total. The van der Waals surface area contributed by atoms with E-state index in [9.17, 15) is 0 Å². The largest absolute Gasteiger partial charge is 0.353 e. The Morgan fingerprint density at radius 2 is 1.81 bits per heavy atom. The van der Waals surface area contributed by atoms with Gasteiger partial charge in [0.1, 0.15) is 11.6 Å². The number of anilines is 2. The minimum atomic E-state index is 0.745. The zero-order valence-electron chi connectivity index (χ0n) is 12.2. The molecule has 6 nitrogen and oxygen atoms in total. The van der Waals surface area contributed by atoms with Crippen LogP contribution in [-0.2, 0) is 6.54 Å². The molecule has 0 unspecified atom stereocenters. The fourth-order valence-electron chi connectivity index (χ4n) is 2.52. The maximum atomic E-state index is 4.65. The van der Waals surface area contributed by atoms with E-state index >= 15 is 0 Å². The first-order valence-corrected chi connectivity index (χ1v) is 7.23. The van der Waals surface area contributed by atoms with Crippen LogP contribution >= 0.6 is 0 Å². The van der Waals surface area contributed by atoms with Crippen LogP contribution in [0.25, 0.3) is 0 Å². The number of hydrogen-bond acceptors (Lipinski definition) is 6. The highest BCUT2D eigenvalue weighted by molar-refractivity contribution is 5.43. The van der Waals surface area contributed by atoms with Gasteiger partial charge in [-0.1, -0.05) is 6.07 Å². The zero-order chi connectivity index (χ0) is 14.5. The SMILES string of the molecule is CNCc1cncc(N2CCN(c3ccccn3)CC2)n1. The molecule has 2 aromatic heterocycles. The van der Waals surface area contributed by atoms with Crippen LogP contribution in [-0.4, -0.2) is 48.2 Å². The summed E-state index contributed by atoms with van der Waals surface area (Å²) >= 11 is 0. The van der Waals surface area contributed by atoms with Gasteiger partial charge in [-0.05, 0) is 19.2 Å². The van der Waals surface area contributed by atoms with Crippen molar-refractivity contribution in [3.8, 4) is 0 Å². The number of nitrogens with one attached hydrogen (secondary N) is 1. The molecule has 0 atom stereocenters. The Kier molecular flexibility index (Phi) is 4.25. The summed E-state index contributed by atoms with van der Waals surface area (Å²) in [6.45, 7) is 4.53. The van der Waals surface area contributed by atoms with Crippen molar-refractivity contribution in [2.45, 2.75) is 6.54 Å². The van der Waals surface area contributed by atoms with E-state index < -0.39 is 0 Å². The van der Waals surface area contributed by atoms with Crippen LogP contribution in [0.5, 0.6) is 0 Å². The third-order valence-corrected chi connectivity index (χ3v) is 3.61. The molecular formula is C15H20N6. The molecule has 1 fully saturated rings. The topological polar surface area (TPSA) is 57.2 Å². The summed E-state index contributed by atoms with van der Waals surface area (Å²) in [4.78, 5) is 17.9. The Morgan fingerprint density at radius 3 is 2.48 bits per heavy atom. The molecule has 0 aromatic carbocycles. The van der Waals surface area contributed by atoms with Crippen molar-refractivity contribution in [3.05, 3.63) is 42.5 Å². The number of nitrogens with zero attached hydrogens (tertiary/aromatic N) is 5. The average molecular weight is 284 g/mol. The van der Waals surface area contributed by atoms with Gasteiger partial charge in [0.25, 0.3) is 0 Å². The lowest BCUT2D eigenvalue weighted by Crippen LogP contribution is -2.47. The van der Waals surface area contributed by atoms with Crippen LogP contribution in [0, 0.1) is 0 Å². The second-order valence-corrected chi connectivity index (χ2v) is 5.06. The standard InChI is InChI=1S/C15H20N6/c1-16-10-13-11-17-12-15(19-13)21-8-6-20(7-9-21)14-4-2-3-5-18-14/h2-5,11-12,16H,6-10H2,1H3. The molecule has 6 heteroatoms. The van der Waals surface area contributed by atoms with Crippen molar-refractivity contribution >= 4 is 11.6 Å². The summed E-state index contributed by atoms with van der Waals surface area (Å²) in [5, 5.41) is 3.11. The molecule has 21 heavy (non-hydrogen) atoms. The van der Waals surface area contributed by atoms with Crippen molar-refractivity contribution in [1.82, 2.24) is 20.3 Å². The number of pyridine rings is 1. The Hall–Kier alpha value is -2.21. The Balaban J connectivity index is 1.64. The summed E-state index contributed by atoms with van der Waals surface area (Å²) in [6, 6.07) is 6.03. The molecule has 3 heterocycles. The summed E-state index contributed by atoms with van der Waals surface area (Å²) in [5.74, 6) is 2.01. The number of piperazine rings is 1. The third kappa shape index (κ3) is 3.28. The van der Waals surface area contributed by atoms with Crippen molar-refractivity contribution in [1.29, 1.82) is 0 Å². The molecule has 110 valence electrons. The van der Waals surface area contributed by atoms with E-state index in [0.717, 1.165) is 50.1 Å². The maximum absolute atomic E-state index is 4.65. The molecule has 0 radical (unpaired) electrons. The average Bonchev–Trinajstić information content (AvgIpc) is 2.56. The van der Waals surface area contributed by atoms with E-state index in [-0.39, 0.29) is 0 Å². The molecule has 1 aliphatic heterocycles. The predicted octanol–water partition coefficient (Wildman–Crippen LogP) is 0.918. The van der Waals surface area contributed by atoms with Crippen LogP contribution in [0.2, 0.25) is 0 Å².